The van der Waals surface area contributed by atoms with Gasteiger partial charge in [0.25, 0.3) is 0 Å². The molecule has 0 radical (unpaired) electrons. The maximum Gasteiger partial charge on any atom is 0.169 e. The zero-order valence-corrected chi connectivity index (χ0v) is 9.86. The van der Waals surface area contributed by atoms with Crippen LogP contribution < -0.4 is 10.6 Å². The lowest BCUT2D eigenvalue weighted by atomic mass is 10.0. The molecule has 1 atom stereocenters. The van der Waals surface area contributed by atoms with E-state index in [0.717, 1.165) is 30.1 Å². The van der Waals surface area contributed by atoms with Gasteiger partial charge in [0.1, 0.15) is 5.76 Å². The van der Waals surface area contributed by atoms with E-state index in [1.807, 2.05) is 12.1 Å². The molecule has 2 heterocycles. The first-order valence-corrected chi connectivity index (χ1v) is 5.67. The summed E-state index contributed by atoms with van der Waals surface area (Å²) in [6.45, 7) is 5.18. The molecule has 2 N–H and O–H groups in total. The van der Waals surface area contributed by atoms with Crippen LogP contribution in [-0.4, -0.2) is 18.6 Å². The second kappa shape index (κ2) is 4.04. The Balaban J connectivity index is 1.87. The van der Waals surface area contributed by atoms with E-state index in [4.69, 9.17) is 4.42 Å². The number of hydrogen-bond donors (Lipinski definition) is 2. The highest BCUT2D eigenvalue weighted by Crippen LogP contribution is 2.17. The molecule has 78 valence electrons. The largest absolute Gasteiger partial charge is 0.453 e. The van der Waals surface area contributed by atoms with E-state index in [2.05, 4.69) is 33.5 Å². The molecule has 3 nitrogen and oxygen atoms in total. The van der Waals surface area contributed by atoms with Crippen molar-refractivity contribution in [1.82, 2.24) is 10.6 Å². The molecule has 1 aromatic rings. The van der Waals surface area contributed by atoms with Crippen molar-refractivity contribution in [2.75, 3.05) is 13.1 Å². The Morgan fingerprint density at radius 3 is 3.07 bits per heavy atom. The van der Waals surface area contributed by atoms with Gasteiger partial charge in [0.2, 0.25) is 0 Å². The molecule has 14 heavy (non-hydrogen) atoms. The van der Waals surface area contributed by atoms with Crippen LogP contribution >= 0.6 is 15.9 Å². The molecule has 1 fully saturated rings. The Morgan fingerprint density at radius 1 is 1.64 bits per heavy atom. The highest BCUT2D eigenvalue weighted by molar-refractivity contribution is 9.10. The van der Waals surface area contributed by atoms with Gasteiger partial charge in [-0.2, -0.15) is 0 Å². The zero-order valence-electron chi connectivity index (χ0n) is 8.27. The van der Waals surface area contributed by atoms with Gasteiger partial charge in [-0.05, 0) is 48.0 Å². The molecule has 0 amide bonds. The van der Waals surface area contributed by atoms with Crippen molar-refractivity contribution in [3.8, 4) is 0 Å². The standard InChI is InChI=1S/C10H15BrN2O/c1-10(4-5-12-7-10)13-6-8-2-3-9(11)14-8/h2-3,12-13H,4-7H2,1H3. The molecule has 1 saturated heterocycles. The second-order valence-corrected chi connectivity index (χ2v) is 4.83. The summed E-state index contributed by atoms with van der Waals surface area (Å²) in [7, 11) is 0. The van der Waals surface area contributed by atoms with Gasteiger partial charge in [0.05, 0.1) is 6.54 Å². The number of hydrogen-bond acceptors (Lipinski definition) is 3. The first-order chi connectivity index (χ1) is 6.68. The fourth-order valence-electron chi connectivity index (χ4n) is 1.72. The Labute approximate surface area is 92.4 Å². The van der Waals surface area contributed by atoms with Gasteiger partial charge < -0.3 is 15.1 Å². The van der Waals surface area contributed by atoms with Gasteiger partial charge in [-0.25, -0.2) is 0 Å². The van der Waals surface area contributed by atoms with E-state index in [-0.39, 0.29) is 5.54 Å². The highest BCUT2D eigenvalue weighted by atomic mass is 79.9. The third-order valence-corrected chi connectivity index (χ3v) is 3.11. The van der Waals surface area contributed by atoms with E-state index in [1.165, 1.54) is 6.42 Å². The number of furan rings is 1. The highest BCUT2D eigenvalue weighted by Gasteiger charge is 2.27. The van der Waals surface area contributed by atoms with Crippen LogP contribution in [0.5, 0.6) is 0 Å². The summed E-state index contributed by atoms with van der Waals surface area (Å²) >= 11 is 3.29. The molecule has 0 saturated carbocycles. The van der Waals surface area contributed by atoms with Gasteiger partial charge in [0, 0.05) is 12.1 Å². The second-order valence-electron chi connectivity index (χ2n) is 4.05. The maximum absolute atomic E-state index is 5.42. The minimum absolute atomic E-state index is 0.221. The van der Waals surface area contributed by atoms with E-state index in [1.54, 1.807) is 0 Å². The van der Waals surface area contributed by atoms with Crippen molar-refractivity contribution in [3.63, 3.8) is 0 Å². The average Bonchev–Trinajstić information content (AvgIpc) is 2.73. The summed E-state index contributed by atoms with van der Waals surface area (Å²) < 4.78 is 6.22. The van der Waals surface area contributed by atoms with Crippen molar-refractivity contribution in [1.29, 1.82) is 0 Å². The Kier molecular flexibility index (Phi) is 2.95. The zero-order chi connectivity index (χ0) is 10.0. The lowest BCUT2D eigenvalue weighted by Crippen LogP contribution is -2.43. The molecule has 0 aliphatic carbocycles. The lowest BCUT2D eigenvalue weighted by Gasteiger charge is -2.23. The van der Waals surface area contributed by atoms with E-state index < -0.39 is 0 Å². The Morgan fingerprint density at radius 2 is 2.50 bits per heavy atom. The van der Waals surface area contributed by atoms with Gasteiger partial charge in [-0.15, -0.1) is 0 Å². The van der Waals surface area contributed by atoms with Gasteiger partial charge >= 0.3 is 0 Å². The SMILES string of the molecule is CC1(NCc2ccc(Br)o2)CCNC1. The van der Waals surface area contributed by atoms with Gasteiger partial charge in [-0.1, -0.05) is 0 Å². The van der Waals surface area contributed by atoms with Gasteiger partial charge in [-0.3, -0.25) is 0 Å². The number of halogens is 1. The molecule has 1 unspecified atom stereocenters. The fraction of sp³-hybridized carbons (Fsp3) is 0.600. The average molecular weight is 259 g/mol. The van der Waals surface area contributed by atoms with Crippen molar-refractivity contribution in [2.24, 2.45) is 0 Å². The van der Waals surface area contributed by atoms with Crippen LogP contribution in [0, 0.1) is 0 Å². The maximum atomic E-state index is 5.42. The molecule has 0 spiro atoms. The smallest absolute Gasteiger partial charge is 0.169 e. The molecule has 4 heteroatoms. The summed E-state index contributed by atoms with van der Waals surface area (Å²) in [6, 6.07) is 3.91. The molecule has 1 aliphatic heterocycles. The summed E-state index contributed by atoms with van der Waals surface area (Å²) in [6.07, 6.45) is 1.18. The quantitative estimate of drug-likeness (QED) is 0.870. The minimum Gasteiger partial charge on any atom is -0.453 e. The van der Waals surface area contributed by atoms with Crippen molar-refractivity contribution >= 4 is 15.9 Å². The van der Waals surface area contributed by atoms with Crippen LogP contribution in [0.3, 0.4) is 0 Å². The Hall–Kier alpha value is -0.320. The topological polar surface area (TPSA) is 37.2 Å². The lowest BCUT2D eigenvalue weighted by molar-refractivity contribution is 0.357. The third-order valence-electron chi connectivity index (χ3n) is 2.69. The normalized spacial score (nSPS) is 27.0. The third kappa shape index (κ3) is 2.38. The molecule has 2 rings (SSSR count). The van der Waals surface area contributed by atoms with E-state index in [0.29, 0.717) is 0 Å². The summed E-state index contributed by atoms with van der Waals surface area (Å²) in [5.74, 6) is 0.977. The molecule has 0 bridgehead atoms. The molecule has 0 aromatic carbocycles. The summed E-state index contributed by atoms with van der Waals surface area (Å²) in [5, 5.41) is 6.86. The van der Waals surface area contributed by atoms with Crippen LogP contribution in [0.25, 0.3) is 0 Å². The summed E-state index contributed by atoms with van der Waals surface area (Å²) in [4.78, 5) is 0. The predicted octanol–water partition coefficient (Wildman–Crippen LogP) is 1.88. The number of nitrogens with one attached hydrogen (secondary N) is 2. The molecular weight excluding hydrogens is 244 g/mol. The predicted molar refractivity (Wildman–Crippen MR) is 59.1 cm³/mol. The Bertz CT molecular complexity index is 305. The van der Waals surface area contributed by atoms with Crippen LogP contribution in [0.4, 0.5) is 0 Å². The van der Waals surface area contributed by atoms with Crippen LogP contribution in [0.15, 0.2) is 21.2 Å². The van der Waals surface area contributed by atoms with Crippen molar-refractivity contribution in [2.45, 2.75) is 25.4 Å². The molecule has 1 aromatic heterocycles. The van der Waals surface area contributed by atoms with Crippen molar-refractivity contribution in [3.05, 3.63) is 22.6 Å². The van der Waals surface area contributed by atoms with Crippen LogP contribution in [0.2, 0.25) is 0 Å². The molecular formula is C10H15BrN2O. The van der Waals surface area contributed by atoms with E-state index >= 15 is 0 Å². The number of rotatable bonds is 3. The fourth-order valence-corrected chi connectivity index (χ4v) is 2.06. The van der Waals surface area contributed by atoms with Crippen LogP contribution in [-0.2, 0) is 6.54 Å². The van der Waals surface area contributed by atoms with Crippen LogP contribution in [0.1, 0.15) is 19.1 Å². The summed E-state index contributed by atoms with van der Waals surface area (Å²) in [5.41, 5.74) is 0.221. The monoisotopic (exact) mass is 258 g/mol. The first-order valence-electron chi connectivity index (χ1n) is 4.88. The molecule has 1 aliphatic rings. The van der Waals surface area contributed by atoms with Gasteiger partial charge in [0.15, 0.2) is 4.67 Å². The van der Waals surface area contributed by atoms with Crippen molar-refractivity contribution < 1.29 is 4.42 Å². The first kappa shape index (κ1) is 10.2. The minimum atomic E-state index is 0.221. The van der Waals surface area contributed by atoms with E-state index in [9.17, 15) is 0 Å².